The molecule has 6 rings (SSSR count). The SMILES string of the molecule is Nc1ccc2cc(S(=O)(=O)[O-])c(N=Nc3ccc(S(=O)(=O)[O-])c(/C=C/c4ccc(N=Nc5c(S(=O)(=O)[O-])cc6ccc(N)cc6c5O)cc4S(=O)(=O)[O-])c3)c(O)c2c1. The number of azo groups is 2. The minimum atomic E-state index is -5.37. The first-order valence-corrected chi connectivity index (χ1v) is 21.3. The topological polar surface area (TPSA) is 371 Å². The minimum absolute atomic E-state index is 0.00647. The lowest BCUT2D eigenvalue weighted by Gasteiger charge is -2.14. The lowest BCUT2D eigenvalue weighted by atomic mass is 10.1. The van der Waals surface area contributed by atoms with Gasteiger partial charge in [-0.3, -0.25) is 0 Å². The molecule has 6 N–H and O–H groups in total. The number of phenols is 2. The molecule has 0 aliphatic carbocycles. The highest BCUT2D eigenvalue weighted by Gasteiger charge is 2.20. The van der Waals surface area contributed by atoms with Gasteiger partial charge in [0.1, 0.15) is 51.8 Å². The molecule has 20 nitrogen and oxygen atoms in total. The number of hydrogen-bond acceptors (Lipinski definition) is 20. The number of nitrogens with zero attached hydrogens (tertiary/aromatic N) is 4. The molecule has 0 aromatic heterocycles. The first-order chi connectivity index (χ1) is 26.9. The Labute approximate surface area is 328 Å². The number of benzene rings is 6. The van der Waals surface area contributed by atoms with E-state index in [0.29, 0.717) is 6.07 Å². The van der Waals surface area contributed by atoms with Crippen molar-refractivity contribution in [3.63, 3.8) is 0 Å². The third-order valence-electron chi connectivity index (χ3n) is 8.19. The molecule has 24 heteroatoms. The fourth-order valence-electron chi connectivity index (χ4n) is 5.58. The van der Waals surface area contributed by atoms with Crippen LogP contribution in [0.5, 0.6) is 11.5 Å². The summed E-state index contributed by atoms with van der Waals surface area (Å²) in [5.74, 6) is -1.59. The van der Waals surface area contributed by atoms with Gasteiger partial charge in [0, 0.05) is 22.1 Å². The van der Waals surface area contributed by atoms with E-state index in [0.717, 1.165) is 54.6 Å². The molecule has 6 aromatic carbocycles. The number of phenolic OH excluding ortho intramolecular Hbond substituents is 2. The molecule has 0 spiro atoms. The van der Waals surface area contributed by atoms with Crippen molar-refractivity contribution < 1.29 is 62.1 Å². The molecule has 0 fully saturated rings. The van der Waals surface area contributed by atoms with Crippen molar-refractivity contribution in [1.29, 1.82) is 0 Å². The zero-order valence-corrected chi connectivity index (χ0v) is 31.9. The van der Waals surface area contributed by atoms with Crippen molar-refractivity contribution in [2.45, 2.75) is 19.6 Å². The van der Waals surface area contributed by atoms with E-state index in [2.05, 4.69) is 20.5 Å². The highest BCUT2D eigenvalue weighted by atomic mass is 32.2. The summed E-state index contributed by atoms with van der Waals surface area (Å²) in [5.41, 5.74) is 8.70. The van der Waals surface area contributed by atoms with Gasteiger partial charge in [0.25, 0.3) is 0 Å². The summed E-state index contributed by atoms with van der Waals surface area (Å²) in [7, 11) is -21.1. The molecule has 0 atom stereocenters. The van der Waals surface area contributed by atoms with Crippen LogP contribution in [0.1, 0.15) is 11.1 Å². The minimum Gasteiger partial charge on any atom is -0.744 e. The average molecular weight is 867 g/mol. The maximum atomic E-state index is 12.3. The second-order valence-corrected chi connectivity index (χ2v) is 17.5. The fraction of sp³-hybridized carbons (Fsp3) is 0. The van der Waals surface area contributed by atoms with Crippen molar-refractivity contribution in [3.8, 4) is 11.5 Å². The number of anilines is 2. The van der Waals surface area contributed by atoms with E-state index in [4.69, 9.17) is 11.5 Å². The molecule has 0 bridgehead atoms. The quantitative estimate of drug-likeness (QED) is 0.0596. The van der Waals surface area contributed by atoms with Crippen molar-refractivity contribution in [3.05, 3.63) is 96.1 Å². The van der Waals surface area contributed by atoms with E-state index < -0.39 is 99.7 Å². The van der Waals surface area contributed by atoms with E-state index in [1.165, 1.54) is 36.4 Å². The van der Waals surface area contributed by atoms with E-state index in [1.807, 2.05) is 0 Å². The number of aromatic hydroxyl groups is 2. The largest absolute Gasteiger partial charge is 0.744 e. The molecule has 0 unspecified atom stereocenters. The number of hydrogen-bond donors (Lipinski definition) is 4. The van der Waals surface area contributed by atoms with Crippen LogP contribution in [0.3, 0.4) is 0 Å². The van der Waals surface area contributed by atoms with Crippen LogP contribution in [0.2, 0.25) is 0 Å². The van der Waals surface area contributed by atoms with Gasteiger partial charge < -0.3 is 39.9 Å². The van der Waals surface area contributed by atoms with Crippen LogP contribution in [0.15, 0.2) is 125 Å². The Hall–Kier alpha value is -6.38. The summed E-state index contributed by atoms with van der Waals surface area (Å²) in [6.45, 7) is 0. The van der Waals surface area contributed by atoms with Gasteiger partial charge in [0.2, 0.25) is 0 Å². The zero-order chi connectivity index (χ0) is 42.5. The molecular weight excluding hydrogens is 845 g/mol. The predicted octanol–water partition coefficient (Wildman–Crippen LogP) is 5.19. The standard InChI is InChI=1S/C34H26N6O14S4/c35-21-6-3-18-12-29(57(49,50)51)31(33(41)25(18)14-21)39-37-23-9-10-27(55(43,44)45)20(11-23)2-1-17-5-8-24(16-28(17)56(46,47)48)38-40-32-30(58(52,53)54)13-19-4-7-22(36)15-26(19)34(32)42/h1-16,41-42H,35-36H2,(H,43,44,45)(H,46,47,48)(H,49,50,51)(H,52,53,54)/p-4/b2-1+,39-37?,40-38?. The van der Waals surface area contributed by atoms with Gasteiger partial charge in [-0.25, -0.2) is 33.7 Å². The Kier molecular flexibility index (Phi) is 10.6. The van der Waals surface area contributed by atoms with Crippen LogP contribution >= 0.6 is 0 Å². The maximum Gasteiger partial charge on any atom is 0.152 e. The van der Waals surface area contributed by atoms with Crippen LogP contribution in [0.4, 0.5) is 34.1 Å². The average Bonchev–Trinajstić information content (AvgIpc) is 3.12. The molecule has 300 valence electrons. The molecule has 6 aromatic rings. The second kappa shape index (κ2) is 14.8. The lowest BCUT2D eigenvalue weighted by Crippen LogP contribution is -2.02. The first-order valence-electron chi connectivity index (χ1n) is 15.7. The lowest BCUT2D eigenvalue weighted by molar-refractivity contribution is 0.457. The van der Waals surface area contributed by atoms with E-state index in [9.17, 15) is 62.1 Å². The molecule has 0 aliphatic heterocycles. The second-order valence-electron chi connectivity index (χ2n) is 12.1. The third kappa shape index (κ3) is 8.62. The Morgan fingerprint density at radius 3 is 1.31 bits per heavy atom. The van der Waals surface area contributed by atoms with Gasteiger partial charge in [-0.1, -0.05) is 30.4 Å². The first kappa shape index (κ1) is 41.3. The summed E-state index contributed by atoms with van der Waals surface area (Å²) in [4.78, 5) is -3.79. The molecule has 0 heterocycles. The number of nitrogen functional groups attached to an aromatic ring is 2. The van der Waals surface area contributed by atoms with Crippen LogP contribution in [-0.2, 0) is 40.5 Å². The predicted molar refractivity (Wildman–Crippen MR) is 202 cm³/mol. The van der Waals surface area contributed by atoms with Crippen molar-refractivity contribution in [1.82, 2.24) is 0 Å². The zero-order valence-electron chi connectivity index (χ0n) is 28.6. The Morgan fingerprint density at radius 1 is 0.448 bits per heavy atom. The molecule has 0 aliphatic rings. The highest BCUT2D eigenvalue weighted by Crippen LogP contribution is 2.43. The van der Waals surface area contributed by atoms with Crippen LogP contribution < -0.4 is 11.5 Å². The molecule has 0 amide bonds. The van der Waals surface area contributed by atoms with Gasteiger partial charge in [0.05, 0.1) is 31.0 Å². The summed E-state index contributed by atoms with van der Waals surface area (Å²) < 4.78 is 146. The Balaban J connectivity index is 1.41. The van der Waals surface area contributed by atoms with Gasteiger partial charge >= 0.3 is 0 Å². The summed E-state index contributed by atoms with van der Waals surface area (Å²) in [6.07, 6.45) is 1.82. The molecule has 0 radical (unpaired) electrons. The van der Waals surface area contributed by atoms with Crippen LogP contribution in [-0.4, -0.2) is 62.1 Å². The Morgan fingerprint density at radius 2 is 0.862 bits per heavy atom. The van der Waals surface area contributed by atoms with E-state index in [-0.39, 0.29) is 38.6 Å². The summed E-state index contributed by atoms with van der Waals surface area (Å²) in [5, 5.41) is 36.7. The highest BCUT2D eigenvalue weighted by molar-refractivity contribution is 7.86. The van der Waals surface area contributed by atoms with E-state index >= 15 is 0 Å². The maximum absolute atomic E-state index is 12.3. The normalized spacial score (nSPS) is 13.1. The van der Waals surface area contributed by atoms with Crippen LogP contribution in [0, 0.1) is 0 Å². The van der Waals surface area contributed by atoms with Crippen molar-refractivity contribution in [2.75, 3.05) is 11.5 Å². The van der Waals surface area contributed by atoms with Crippen LogP contribution in [0.25, 0.3) is 33.7 Å². The Bertz CT molecular complexity index is 3280. The molecular formula is C34H22N6O14S4-4. The molecule has 0 saturated carbocycles. The summed E-state index contributed by atoms with van der Waals surface area (Å²) >= 11 is 0. The number of rotatable bonds is 10. The number of nitrogens with two attached hydrogens (primary N) is 2. The van der Waals surface area contributed by atoms with Crippen molar-refractivity contribution >= 4 is 108 Å². The summed E-state index contributed by atoms with van der Waals surface area (Å²) in [6, 6.07) is 15.3. The molecule has 0 saturated heterocycles. The third-order valence-corrected chi connectivity index (χ3v) is 11.7. The van der Waals surface area contributed by atoms with Gasteiger partial charge in [-0.05, 0) is 88.6 Å². The number of fused-ring (bicyclic) bond motifs is 2. The van der Waals surface area contributed by atoms with E-state index in [1.54, 1.807) is 0 Å². The van der Waals surface area contributed by atoms with Crippen molar-refractivity contribution in [2.24, 2.45) is 20.5 Å². The van der Waals surface area contributed by atoms with Gasteiger partial charge in [0.15, 0.2) is 11.5 Å². The fourth-order valence-corrected chi connectivity index (χ4v) is 8.21. The monoisotopic (exact) mass is 866 g/mol. The smallest absolute Gasteiger partial charge is 0.152 e. The molecule has 58 heavy (non-hydrogen) atoms. The van der Waals surface area contributed by atoms with Gasteiger partial charge in [-0.2, -0.15) is 10.2 Å². The van der Waals surface area contributed by atoms with Gasteiger partial charge in [-0.15, -0.1) is 10.2 Å².